The Hall–Kier alpha value is -0.940. The van der Waals surface area contributed by atoms with E-state index in [2.05, 4.69) is 17.2 Å². The van der Waals surface area contributed by atoms with Gasteiger partial charge >= 0.3 is 0 Å². The van der Waals surface area contributed by atoms with Crippen molar-refractivity contribution in [2.75, 3.05) is 6.54 Å². The Morgan fingerprint density at radius 1 is 1.58 bits per heavy atom. The van der Waals surface area contributed by atoms with Gasteiger partial charge in [0.1, 0.15) is 10.7 Å². The molecule has 1 fully saturated rings. The van der Waals surface area contributed by atoms with Crippen molar-refractivity contribution < 1.29 is 4.79 Å². The van der Waals surface area contributed by atoms with Gasteiger partial charge in [0.05, 0.1) is 0 Å². The van der Waals surface area contributed by atoms with Crippen LogP contribution in [0.4, 0.5) is 0 Å². The van der Waals surface area contributed by atoms with Crippen LogP contribution in [-0.4, -0.2) is 17.4 Å². The van der Waals surface area contributed by atoms with Gasteiger partial charge in [0.2, 0.25) is 0 Å². The summed E-state index contributed by atoms with van der Waals surface area (Å²) in [5, 5.41) is 5.55. The van der Waals surface area contributed by atoms with Crippen LogP contribution in [0.3, 0.4) is 0 Å². The first-order valence-electron chi connectivity index (χ1n) is 7.11. The van der Waals surface area contributed by atoms with Crippen LogP contribution in [0.25, 0.3) is 0 Å². The monoisotopic (exact) mass is 281 g/mol. The van der Waals surface area contributed by atoms with Crippen LogP contribution in [0, 0.1) is 11.8 Å². The summed E-state index contributed by atoms with van der Waals surface area (Å²) in [4.78, 5) is 16.1. The highest BCUT2D eigenvalue weighted by molar-refractivity contribution is 7.09. The van der Waals surface area contributed by atoms with Gasteiger partial charge in [-0.1, -0.05) is 26.2 Å². The molecule has 2 unspecified atom stereocenters. The van der Waals surface area contributed by atoms with Crippen molar-refractivity contribution in [1.82, 2.24) is 10.3 Å². The first kappa shape index (κ1) is 14.5. The van der Waals surface area contributed by atoms with Crippen LogP contribution in [0.2, 0.25) is 0 Å². The predicted molar refractivity (Wildman–Crippen MR) is 78.1 cm³/mol. The van der Waals surface area contributed by atoms with Crippen LogP contribution < -0.4 is 11.1 Å². The fourth-order valence-corrected chi connectivity index (χ4v) is 3.47. The maximum absolute atomic E-state index is 11.9. The van der Waals surface area contributed by atoms with E-state index in [1.54, 1.807) is 5.38 Å². The van der Waals surface area contributed by atoms with Gasteiger partial charge in [-0.2, -0.15) is 0 Å². The van der Waals surface area contributed by atoms with Gasteiger partial charge in [-0.25, -0.2) is 4.98 Å². The van der Waals surface area contributed by atoms with Gasteiger partial charge < -0.3 is 11.1 Å². The number of nitrogens with two attached hydrogens (primary N) is 1. The van der Waals surface area contributed by atoms with Crippen molar-refractivity contribution in [1.29, 1.82) is 0 Å². The molecule has 2 rings (SSSR count). The number of aromatic nitrogens is 1. The third kappa shape index (κ3) is 4.28. The molecule has 5 heteroatoms. The van der Waals surface area contributed by atoms with E-state index in [0.717, 1.165) is 29.8 Å². The van der Waals surface area contributed by atoms with E-state index in [1.807, 2.05) is 0 Å². The number of thiazole rings is 1. The van der Waals surface area contributed by atoms with Gasteiger partial charge in [0.15, 0.2) is 0 Å². The molecule has 3 N–H and O–H groups in total. The molecular weight excluding hydrogens is 258 g/mol. The molecular formula is C14H23N3OS. The molecule has 4 nitrogen and oxygen atoms in total. The quantitative estimate of drug-likeness (QED) is 0.871. The second-order valence-electron chi connectivity index (χ2n) is 5.51. The predicted octanol–water partition coefficient (Wildman–Crippen LogP) is 2.55. The third-order valence-corrected chi connectivity index (χ3v) is 4.71. The molecule has 0 bridgehead atoms. The normalized spacial score (nSPS) is 23.3. The molecule has 19 heavy (non-hydrogen) atoms. The Morgan fingerprint density at radius 2 is 2.42 bits per heavy atom. The minimum Gasteiger partial charge on any atom is -0.351 e. The van der Waals surface area contributed by atoms with Crippen LogP contribution in [-0.2, 0) is 6.54 Å². The molecule has 1 aromatic heterocycles. The zero-order valence-corrected chi connectivity index (χ0v) is 12.3. The van der Waals surface area contributed by atoms with Crippen molar-refractivity contribution in [3.8, 4) is 0 Å². The summed E-state index contributed by atoms with van der Waals surface area (Å²) in [5.41, 5.74) is 5.99. The van der Waals surface area contributed by atoms with Gasteiger partial charge in [-0.3, -0.25) is 4.79 Å². The summed E-state index contributed by atoms with van der Waals surface area (Å²) in [7, 11) is 0. The van der Waals surface area contributed by atoms with E-state index in [4.69, 9.17) is 5.73 Å². The van der Waals surface area contributed by atoms with Crippen LogP contribution in [0.5, 0.6) is 0 Å². The Morgan fingerprint density at radius 3 is 3.11 bits per heavy atom. The number of carbonyl (C=O) groups excluding carboxylic acids is 1. The molecule has 1 heterocycles. The SMILES string of the molecule is CC1CCCC(CCNC(=O)c2csc(CN)n2)C1. The lowest BCUT2D eigenvalue weighted by Gasteiger charge is -2.26. The summed E-state index contributed by atoms with van der Waals surface area (Å²) >= 11 is 1.44. The molecule has 0 radical (unpaired) electrons. The zero-order chi connectivity index (χ0) is 13.7. The standard InChI is InChI=1S/C14H23N3OS/c1-10-3-2-4-11(7-10)5-6-16-14(18)12-9-19-13(8-15)17-12/h9-11H,2-8,15H2,1H3,(H,16,18). The summed E-state index contributed by atoms with van der Waals surface area (Å²) in [5.74, 6) is 1.55. The summed E-state index contributed by atoms with van der Waals surface area (Å²) in [6.07, 6.45) is 6.41. The highest BCUT2D eigenvalue weighted by Crippen LogP contribution is 2.30. The van der Waals surface area contributed by atoms with E-state index >= 15 is 0 Å². The summed E-state index contributed by atoms with van der Waals surface area (Å²) in [6, 6.07) is 0. The third-order valence-electron chi connectivity index (χ3n) is 3.84. The lowest BCUT2D eigenvalue weighted by Crippen LogP contribution is -2.27. The molecule has 0 aromatic carbocycles. The van der Waals surface area contributed by atoms with Crippen molar-refractivity contribution in [3.05, 3.63) is 16.1 Å². The number of hydrogen-bond donors (Lipinski definition) is 2. The number of carbonyl (C=O) groups is 1. The Bertz CT molecular complexity index is 419. The highest BCUT2D eigenvalue weighted by Gasteiger charge is 2.19. The zero-order valence-electron chi connectivity index (χ0n) is 11.5. The summed E-state index contributed by atoms with van der Waals surface area (Å²) < 4.78 is 0. The topological polar surface area (TPSA) is 68.0 Å². The average Bonchev–Trinajstić information content (AvgIpc) is 2.87. The van der Waals surface area contributed by atoms with E-state index in [0.29, 0.717) is 12.2 Å². The first-order valence-corrected chi connectivity index (χ1v) is 7.99. The number of rotatable bonds is 5. The number of amides is 1. The number of nitrogens with one attached hydrogen (secondary N) is 1. The molecule has 0 aliphatic heterocycles. The molecule has 1 aliphatic carbocycles. The van der Waals surface area contributed by atoms with E-state index in [1.165, 1.54) is 37.0 Å². The minimum absolute atomic E-state index is 0.0696. The highest BCUT2D eigenvalue weighted by atomic mass is 32.1. The van der Waals surface area contributed by atoms with E-state index in [9.17, 15) is 4.79 Å². The maximum Gasteiger partial charge on any atom is 0.270 e. The first-order chi connectivity index (χ1) is 9.19. The van der Waals surface area contributed by atoms with Crippen molar-refractivity contribution >= 4 is 17.2 Å². The van der Waals surface area contributed by atoms with Crippen molar-refractivity contribution in [2.45, 2.75) is 45.6 Å². The molecule has 1 amide bonds. The molecule has 1 aromatic rings. The average molecular weight is 281 g/mol. The number of nitrogens with zero attached hydrogens (tertiary/aromatic N) is 1. The van der Waals surface area contributed by atoms with E-state index < -0.39 is 0 Å². The number of hydrogen-bond acceptors (Lipinski definition) is 4. The fraction of sp³-hybridized carbons (Fsp3) is 0.714. The van der Waals surface area contributed by atoms with Gasteiger partial charge in [-0.05, 0) is 24.7 Å². The van der Waals surface area contributed by atoms with Crippen molar-refractivity contribution in [3.63, 3.8) is 0 Å². The minimum atomic E-state index is -0.0696. The lowest BCUT2D eigenvalue weighted by atomic mass is 9.81. The molecule has 1 saturated carbocycles. The van der Waals surface area contributed by atoms with Crippen molar-refractivity contribution in [2.24, 2.45) is 17.6 Å². The van der Waals surface area contributed by atoms with Gasteiger partial charge in [0.25, 0.3) is 5.91 Å². The van der Waals surface area contributed by atoms with Crippen LogP contribution >= 0.6 is 11.3 Å². The van der Waals surface area contributed by atoms with Crippen LogP contribution in [0.1, 0.15) is 54.5 Å². The van der Waals surface area contributed by atoms with Crippen LogP contribution in [0.15, 0.2) is 5.38 Å². The molecule has 0 saturated heterocycles. The van der Waals surface area contributed by atoms with Gasteiger partial charge in [-0.15, -0.1) is 11.3 Å². The Kier molecular flexibility index (Phi) is 5.34. The molecule has 1 aliphatic rings. The largest absolute Gasteiger partial charge is 0.351 e. The smallest absolute Gasteiger partial charge is 0.270 e. The van der Waals surface area contributed by atoms with Gasteiger partial charge in [0, 0.05) is 18.5 Å². The summed E-state index contributed by atoms with van der Waals surface area (Å²) in [6.45, 7) is 3.48. The Balaban J connectivity index is 1.71. The second kappa shape index (κ2) is 7.01. The maximum atomic E-state index is 11.9. The Labute approximate surface area is 118 Å². The molecule has 2 atom stereocenters. The lowest BCUT2D eigenvalue weighted by molar-refractivity contribution is 0.0945. The molecule has 0 spiro atoms. The van der Waals surface area contributed by atoms with E-state index in [-0.39, 0.29) is 5.91 Å². The second-order valence-corrected chi connectivity index (χ2v) is 6.46. The fourth-order valence-electron chi connectivity index (χ4n) is 2.81. The molecule has 106 valence electrons.